The minimum absolute atomic E-state index is 0. The van der Waals surface area contributed by atoms with Gasteiger partial charge in [-0.1, -0.05) is 41.9 Å². The molecule has 2 aromatic rings. The van der Waals surface area contributed by atoms with Crippen molar-refractivity contribution >= 4 is 35.7 Å². The van der Waals surface area contributed by atoms with Crippen LogP contribution in [0.4, 0.5) is 0 Å². The molecule has 0 radical (unpaired) electrons. The second-order valence-electron chi connectivity index (χ2n) is 6.41. The molecule has 0 bridgehead atoms. The highest BCUT2D eigenvalue weighted by atomic mass is 35.5. The van der Waals surface area contributed by atoms with E-state index in [4.69, 9.17) is 17.3 Å². The maximum atomic E-state index is 12.5. The SMILES string of the molecule is Cl.N[C@@H]1CN(C(=O)CCC(=O)c2ccc(Cl)cc2)C[C@H]1c1ccccc1. The van der Waals surface area contributed by atoms with E-state index in [0.29, 0.717) is 23.7 Å². The Hall–Kier alpha value is -1.88. The molecule has 6 heteroatoms. The van der Waals surface area contributed by atoms with Crippen LogP contribution in [0.1, 0.15) is 34.7 Å². The summed E-state index contributed by atoms with van der Waals surface area (Å²) in [6, 6.07) is 16.7. The lowest BCUT2D eigenvalue weighted by Gasteiger charge is -2.16. The van der Waals surface area contributed by atoms with E-state index in [1.54, 1.807) is 29.2 Å². The van der Waals surface area contributed by atoms with Gasteiger partial charge in [-0.25, -0.2) is 0 Å². The average molecular weight is 393 g/mol. The third-order valence-corrected chi connectivity index (χ3v) is 4.93. The number of likely N-dealkylation sites (tertiary alicyclic amines) is 1. The molecule has 3 rings (SSSR count). The van der Waals surface area contributed by atoms with Crippen LogP contribution in [0.25, 0.3) is 0 Å². The van der Waals surface area contributed by atoms with Gasteiger partial charge in [0.25, 0.3) is 0 Å². The van der Waals surface area contributed by atoms with Gasteiger partial charge in [0.05, 0.1) is 0 Å². The van der Waals surface area contributed by atoms with Gasteiger partial charge in [-0.15, -0.1) is 12.4 Å². The van der Waals surface area contributed by atoms with Crippen LogP contribution in [0.3, 0.4) is 0 Å². The van der Waals surface area contributed by atoms with E-state index < -0.39 is 0 Å². The van der Waals surface area contributed by atoms with Gasteiger partial charge in [0.2, 0.25) is 5.91 Å². The predicted molar refractivity (Wildman–Crippen MR) is 106 cm³/mol. The molecule has 2 atom stereocenters. The van der Waals surface area contributed by atoms with Crippen LogP contribution in [-0.2, 0) is 4.79 Å². The third-order valence-electron chi connectivity index (χ3n) is 4.68. The van der Waals surface area contributed by atoms with Gasteiger partial charge in [-0.3, -0.25) is 9.59 Å². The van der Waals surface area contributed by atoms with Gasteiger partial charge in [0.15, 0.2) is 5.78 Å². The van der Waals surface area contributed by atoms with Crippen molar-refractivity contribution in [2.24, 2.45) is 5.73 Å². The lowest BCUT2D eigenvalue weighted by Crippen LogP contribution is -2.32. The standard InChI is InChI=1S/C20H21ClN2O2.ClH/c21-16-8-6-15(7-9-16)19(24)10-11-20(25)23-12-17(18(22)13-23)14-4-2-1-3-5-14;/h1-9,17-18H,10-13,22H2;1H/t17-,18+;/m0./s1. The van der Waals surface area contributed by atoms with Crippen molar-refractivity contribution in [2.45, 2.75) is 24.8 Å². The summed E-state index contributed by atoms with van der Waals surface area (Å²) >= 11 is 5.82. The fraction of sp³-hybridized carbons (Fsp3) is 0.300. The lowest BCUT2D eigenvalue weighted by molar-refractivity contribution is -0.130. The van der Waals surface area contributed by atoms with Gasteiger partial charge in [0.1, 0.15) is 0 Å². The maximum absolute atomic E-state index is 12.5. The molecule has 1 fully saturated rings. The van der Waals surface area contributed by atoms with E-state index in [0.717, 1.165) is 5.56 Å². The highest BCUT2D eigenvalue weighted by Crippen LogP contribution is 2.27. The summed E-state index contributed by atoms with van der Waals surface area (Å²) in [5.41, 5.74) is 7.96. The molecule has 0 saturated carbocycles. The quantitative estimate of drug-likeness (QED) is 0.789. The first kappa shape index (κ1) is 20.4. The van der Waals surface area contributed by atoms with Crippen LogP contribution in [0.2, 0.25) is 5.02 Å². The van der Waals surface area contributed by atoms with Crippen LogP contribution >= 0.6 is 24.0 Å². The molecule has 1 amide bonds. The molecule has 1 aliphatic rings. The molecule has 1 heterocycles. The zero-order chi connectivity index (χ0) is 17.8. The minimum Gasteiger partial charge on any atom is -0.340 e. The number of hydrogen-bond donors (Lipinski definition) is 1. The zero-order valence-electron chi connectivity index (χ0n) is 14.3. The van der Waals surface area contributed by atoms with E-state index in [1.807, 2.05) is 30.3 Å². The summed E-state index contributed by atoms with van der Waals surface area (Å²) in [7, 11) is 0. The molecule has 2 aromatic carbocycles. The first-order valence-corrected chi connectivity index (χ1v) is 8.79. The summed E-state index contributed by atoms with van der Waals surface area (Å²) < 4.78 is 0. The largest absolute Gasteiger partial charge is 0.340 e. The number of hydrogen-bond acceptors (Lipinski definition) is 3. The number of benzene rings is 2. The molecule has 0 aliphatic carbocycles. The number of halogens is 2. The van der Waals surface area contributed by atoms with Crippen molar-refractivity contribution in [2.75, 3.05) is 13.1 Å². The molecule has 1 saturated heterocycles. The second kappa shape index (κ2) is 9.17. The normalized spacial score (nSPS) is 19.1. The van der Waals surface area contributed by atoms with Crippen molar-refractivity contribution < 1.29 is 9.59 Å². The summed E-state index contributed by atoms with van der Waals surface area (Å²) in [5, 5.41) is 0.589. The molecule has 4 nitrogen and oxygen atoms in total. The molecular weight excluding hydrogens is 371 g/mol. The Bertz CT molecular complexity index is 750. The second-order valence-corrected chi connectivity index (χ2v) is 6.85. The number of ketones is 1. The minimum atomic E-state index is -0.0710. The Morgan fingerprint density at radius 1 is 1.00 bits per heavy atom. The van der Waals surface area contributed by atoms with E-state index >= 15 is 0 Å². The van der Waals surface area contributed by atoms with Crippen molar-refractivity contribution in [3.05, 3.63) is 70.7 Å². The van der Waals surface area contributed by atoms with E-state index in [9.17, 15) is 9.59 Å². The zero-order valence-corrected chi connectivity index (χ0v) is 15.9. The van der Waals surface area contributed by atoms with Crippen LogP contribution < -0.4 is 5.73 Å². The number of carbonyl (C=O) groups excluding carboxylic acids is 2. The molecule has 26 heavy (non-hydrogen) atoms. The predicted octanol–water partition coefficient (Wildman–Crippen LogP) is 3.68. The topological polar surface area (TPSA) is 63.4 Å². The monoisotopic (exact) mass is 392 g/mol. The van der Waals surface area contributed by atoms with Gasteiger partial charge >= 0.3 is 0 Å². The number of carbonyl (C=O) groups is 2. The van der Waals surface area contributed by atoms with Gasteiger partial charge in [0, 0.05) is 48.5 Å². The number of amides is 1. The Kier molecular flexibility index (Phi) is 7.21. The Morgan fingerprint density at radius 3 is 2.31 bits per heavy atom. The highest BCUT2D eigenvalue weighted by molar-refractivity contribution is 6.30. The van der Waals surface area contributed by atoms with Crippen LogP contribution in [0.5, 0.6) is 0 Å². The molecule has 1 aliphatic heterocycles. The fourth-order valence-corrected chi connectivity index (χ4v) is 3.37. The molecule has 0 spiro atoms. The summed E-state index contributed by atoms with van der Waals surface area (Å²) in [6.07, 6.45) is 0.401. The van der Waals surface area contributed by atoms with Gasteiger partial charge < -0.3 is 10.6 Å². The van der Waals surface area contributed by atoms with Crippen molar-refractivity contribution in [1.82, 2.24) is 4.90 Å². The van der Waals surface area contributed by atoms with Crippen LogP contribution in [0.15, 0.2) is 54.6 Å². The summed E-state index contributed by atoms with van der Waals surface area (Å²) in [4.78, 5) is 26.4. The van der Waals surface area contributed by atoms with E-state index in [-0.39, 0.29) is 48.9 Å². The van der Waals surface area contributed by atoms with Gasteiger partial charge in [-0.2, -0.15) is 0 Å². The van der Waals surface area contributed by atoms with E-state index in [1.165, 1.54) is 0 Å². The maximum Gasteiger partial charge on any atom is 0.223 e. The Balaban J connectivity index is 0.00000243. The molecule has 0 aromatic heterocycles. The smallest absolute Gasteiger partial charge is 0.223 e. The Labute approximate surface area is 164 Å². The van der Waals surface area contributed by atoms with Crippen LogP contribution in [-0.4, -0.2) is 35.7 Å². The van der Waals surface area contributed by atoms with Crippen molar-refractivity contribution in [3.63, 3.8) is 0 Å². The first-order chi connectivity index (χ1) is 12.0. The van der Waals surface area contributed by atoms with E-state index in [2.05, 4.69) is 0 Å². The summed E-state index contributed by atoms with van der Waals surface area (Å²) in [6.45, 7) is 1.15. The molecule has 138 valence electrons. The average Bonchev–Trinajstić information content (AvgIpc) is 3.02. The highest BCUT2D eigenvalue weighted by Gasteiger charge is 2.33. The van der Waals surface area contributed by atoms with Crippen molar-refractivity contribution in [3.8, 4) is 0 Å². The molecule has 2 N–H and O–H groups in total. The number of nitrogens with zero attached hydrogens (tertiary/aromatic N) is 1. The number of Topliss-reactive ketones (excluding diaryl/α,β-unsaturated/α-hetero) is 1. The number of rotatable bonds is 5. The van der Waals surface area contributed by atoms with Gasteiger partial charge in [-0.05, 0) is 29.8 Å². The third kappa shape index (κ3) is 4.85. The lowest BCUT2D eigenvalue weighted by atomic mass is 9.95. The number of nitrogens with two attached hydrogens (primary N) is 1. The first-order valence-electron chi connectivity index (χ1n) is 8.41. The summed E-state index contributed by atoms with van der Waals surface area (Å²) in [5.74, 6) is 0.0847. The van der Waals surface area contributed by atoms with Crippen molar-refractivity contribution in [1.29, 1.82) is 0 Å². The fourth-order valence-electron chi connectivity index (χ4n) is 3.24. The van der Waals surface area contributed by atoms with Crippen LogP contribution in [0, 0.1) is 0 Å². The molecular formula is C20H22Cl2N2O2. The Morgan fingerprint density at radius 2 is 1.65 bits per heavy atom. The molecule has 0 unspecified atom stereocenters.